The summed E-state index contributed by atoms with van der Waals surface area (Å²) in [5.74, 6) is 1.05. The Morgan fingerprint density at radius 1 is 1.25 bits per heavy atom. The summed E-state index contributed by atoms with van der Waals surface area (Å²) in [6.07, 6.45) is 10.1. The van der Waals surface area contributed by atoms with Crippen LogP contribution in [0.15, 0.2) is 0 Å². The highest BCUT2D eigenvalue weighted by molar-refractivity contribution is 4.95. The minimum absolute atomic E-state index is 0.808. The van der Waals surface area contributed by atoms with E-state index in [0.717, 1.165) is 24.0 Å². The monoisotopic (exact) mass is 222 g/mol. The van der Waals surface area contributed by atoms with Gasteiger partial charge in [-0.3, -0.25) is 4.90 Å². The van der Waals surface area contributed by atoms with Gasteiger partial charge in [0.05, 0.1) is 0 Å². The van der Waals surface area contributed by atoms with Crippen molar-refractivity contribution in [1.29, 1.82) is 0 Å². The zero-order valence-corrected chi connectivity index (χ0v) is 10.6. The van der Waals surface area contributed by atoms with Crippen molar-refractivity contribution in [2.45, 2.75) is 70.0 Å². The molecule has 16 heavy (non-hydrogen) atoms. The second kappa shape index (κ2) is 4.66. The zero-order valence-electron chi connectivity index (χ0n) is 10.6. The maximum atomic E-state index is 3.69. The third-order valence-corrected chi connectivity index (χ3v) is 5.06. The summed E-state index contributed by atoms with van der Waals surface area (Å²) in [4.78, 5) is 2.81. The maximum Gasteiger partial charge on any atom is 0.0101 e. The zero-order chi connectivity index (χ0) is 11.0. The lowest BCUT2D eigenvalue weighted by Crippen LogP contribution is -2.44. The number of hydrogen-bond donors (Lipinski definition) is 1. The van der Waals surface area contributed by atoms with Crippen molar-refractivity contribution < 1.29 is 0 Å². The molecule has 3 aliphatic rings. The fraction of sp³-hybridized carbons (Fsp3) is 1.00. The van der Waals surface area contributed by atoms with Crippen LogP contribution < -0.4 is 5.32 Å². The van der Waals surface area contributed by atoms with Crippen LogP contribution >= 0.6 is 0 Å². The fourth-order valence-electron chi connectivity index (χ4n) is 4.17. The van der Waals surface area contributed by atoms with E-state index in [9.17, 15) is 0 Å². The van der Waals surface area contributed by atoms with Crippen molar-refractivity contribution in [3.8, 4) is 0 Å². The van der Waals surface area contributed by atoms with Crippen molar-refractivity contribution in [2.75, 3.05) is 13.1 Å². The van der Waals surface area contributed by atoms with E-state index in [2.05, 4.69) is 17.1 Å². The molecule has 3 fully saturated rings. The smallest absolute Gasteiger partial charge is 0.0101 e. The lowest BCUT2D eigenvalue weighted by atomic mass is 9.97. The van der Waals surface area contributed by atoms with E-state index < -0.39 is 0 Å². The normalized spacial score (nSPS) is 41.4. The quantitative estimate of drug-likeness (QED) is 0.789. The van der Waals surface area contributed by atoms with Crippen LogP contribution in [0.2, 0.25) is 0 Å². The molecule has 1 aliphatic carbocycles. The molecule has 2 heteroatoms. The molecule has 92 valence electrons. The van der Waals surface area contributed by atoms with Crippen LogP contribution in [-0.2, 0) is 0 Å². The molecule has 0 aromatic carbocycles. The van der Waals surface area contributed by atoms with Gasteiger partial charge in [-0.2, -0.15) is 0 Å². The molecule has 0 radical (unpaired) electrons. The lowest BCUT2D eigenvalue weighted by molar-refractivity contribution is 0.139. The third-order valence-electron chi connectivity index (χ3n) is 5.06. The highest BCUT2D eigenvalue weighted by atomic mass is 15.2. The van der Waals surface area contributed by atoms with Crippen molar-refractivity contribution >= 4 is 0 Å². The average molecular weight is 222 g/mol. The molecule has 1 saturated carbocycles. The topological polar surface area (TPSA) is 15.3 Å². The van der Waals surface area contributed by atoms with Gasteiger partial charge in [0.25, 0.3) is 0 Å². The molecule has 2 saturated heterocycles. The van der Waals surface area contributed by atoms with Crippen LogP contribution in [0.25, 0.3) is 0 Å². The van der Waals surface area contributed by atoms with Crippen LogP contribution in [0.1, 0.15) is 51.9 Å². The van der Waals surface area contributed by atoms with Gasteiger partial charge in [0.15, 0.2) is 0 Å². The second-order valence-corrected chi connectivity index (χ2v) is 6.26. The highest BCUT2D eigenvalue weighted by Gasteiger charge is 2.39. The summed E-state index contributed by atoms with van der Waals surface area (Å²) >= 11 is 0. The summed E-state index contributed by atoms with van der Waals surface area (Å²) in [5.41, 5.74) is 0. The van der Waals surface area contributed by atoms with Crippen molar-refractivity contribution in [1.82, 2.24) is 10.2 Å². The fourth-order valence-corrected chi connectivity index (χ4v) is 4.17. The molecule has 2 aliphatic heterocycles. The van der Waals surface area contributed by atoms with Crippen LogP contribution in [0.4, 0.5) is 0 Å². The number of hydrogen-bond acceptors (Lipinski definition) is 2. The van der Waals surface area contributed by atoms with E-state index in [-0.39, 0.29) is 0 Å². The van der Waals surface area contributed by atoms with E-state index in [0.29, 0.717) is 0 Å². The number of rotatable bonds is 3. The van der Waals surface area contributed by atoms with Gasteiger partial charge in [0.1, 0.15) is 0 Å². The molecule has 2 bridgehead atoms. The number of piperidine rings is 2. The minimum Gasteiger partial charge on any atom is -0.314 e. The van der Waals surface area contributed by atoms with Crippen LogP contribution in [0.3, 0.4) is 0 Å². The molecule has 1 N–H and O–H groups in total. The summed E-state index contributed by atoms with van der Waals surface area (Å²) in [5, 5.41) is 3.69. The molecule has 4 atom stereocenters. The van der Waals surface area contributed by atoms with Crippen LogP contribution in [0.5, 0.6) is 0 Å². The number of nitrogens with one attached hydrogen (secondary N) is 1. The Balaban J connectivity index is 1.51. The first-order valence-corrected chi connectivity index (χ1v) is 7.32. The Morgan fingerprint density at radius 3 is 2.81 bits per heavy atom. The molecule has 2 nitrogen and oxygen atoms in total. The molecule has 0 amide bonds. The van der Waals surface area contributed by atoms with Gasteiger partial charge >= 0.3 is 0 Å². The third kappa shape index (κ3) is 2.14. The Bertz CT molecular complexity index is 235. The van der Waals surface area contributed by atoms with Gasteiger partial charge in [-0.15, -0.1) is 0 Å². The second-order valence-electron chi connectivity index (χ2n) is 6.26. The molecule has 3 rings (SSSR count). The predicted octanol–water partition coefficient (Wildman–Crippen LogP) is 2.39. The molecular formula is C14H26N2. The SMILES string of the molecule is CC(CC1CCCCN1)N1CC2CCC1C2. The number of likely N-dealkylation sites (tertiary alicyclic amines) is 1. The molecule has 4 unspecified atom stereocenters. The molecular weight excluding hydrogens is 196 g/mol. The largest absolute Gasteiger partial charge is 0.314 e. The standard InChI is InChI=1S/C14H26N2/c1-11(8-13-4-2-3-7-15-13)16-10-12-5-6-14(16)9-12/h11-15H,2-10H2,1H3. The predicted molar refractivity (Wildman–Crippen MR) is 67.6 cm³/mol. The van der Waals surface area contributed by atoms with Crippen molar-refractivity contribution in [3.05, 3.63) is 0 Å². The van der Waals surface area contributed by atoms with Crippen molar-refractivity contribution in [2.24, 2.45) is 5.92 Å². The average Bonchev–Trinajstić information content (AvgIpc) is 2.92. The molecule has 2 heterocycles. The lowest BCUT2D eigenvalue weighted by Gasteiger charge is -2.36. The summed E-state index contributed by atoms with van der Waals surface area (Å²) in [7, 11) is 0. The van der Waals surface area contributed by atoms with Crippen molar-refractivity contribution in [3.63, 3.8) is 0 Å². The van der Waals surface area contributed by atoms with E-state index in [4.69, 9.17) is 0 Å². The number of nitrogens with zero attached hydrogens (tertiary/aromatic N) is 1. The van der Waals surface area contributed by atoms with Gasteiger partial charge in [0.2, 0.25) is 0 Å². The van der Waals surface area contributed by atoms with E-state index in [1.807, 2.05) is 0 Å². The van der Waals surface area contributed by atoms with Gasteiger partial charge in [-0.25, -0.2) is 0 Å². The maximum absolute atomic E-state index is 3.69. The Kier molecular flexibility index (Phi) is 3.21. The van der Waals surface area contributed by atoms with E-state index >= 15 is 0 Å². The number of fused-ring (bicyclic) bond motifs is 2. The first-order valence-electron chi connectivity index (χ1n) is 7.32. The molecule has 0 spiro atoms. The Labute approximate surface area is 99.8 Å². The van der Waals surface area contributed by atoms with Gasteiger partial charge in [-0.1, -0.05) is 6.42 Å². The minimum atomic E-state index is 0.808. The van der Waals surface area contributed by atoms with E-state index in [1.165, 1.54) is 58.0 Å². The van der Waals surface area contributed by atoms with Crippen LogP contribution in [0, 0.1) is 5.92 Å². The Morgan fingerprint density at radius 2 is 2.19 bits per heavy atom. The van der Waals surface area contributed by atoms with Gasteiger partial charge in [-0.05, 0) is 57.9 Å². The molecule has 0 aromatic rings. The summed E-state index contributed by atoms with van der Waals surface area (Å²) in [6.45, 7) is 5.11. The summed E-state index contributed by atoms with van der Waals surface area (Å²) in [6, 6.07) is 2.57. The highest BCUT2D eigenvalue weighted by Crippen LogP contribution is 2.39. The first kappa shape index (κ1) is 11.0. The first-order chi connectivity index (χ1) is 7.83. The van der Waals surface area contributed by atoms with E-state index in [1.54, 1.807) is 0 Å². The van der Waals surface area contributed by atoms with Gasteiger partial charge < -0.3 is 5.32 Å². The van der Waals surface area contributed by atoms with Crippen LogP contribution in [-0.4, -0.2) is 36.1 Å². The summed E-state index contributed by atoms with van der Waals surface area (Å²) < 4.78 is 0. The Hall–Kier alpha value is -0.0800. The van der Waals surface area contributed by atoms with Gasteiger partial charge in [0, 0.05) is 24.7 Å². The molecule has 0 aromatic heterocycles.